The normalized spacial score (nSPS) is 13.7. The Morgan fingerprint density at radius 1 is 1.27 bits per heavy atom. The van der Waals surface area contributed by atoms with Crippen LogP contribution in [0.25, 0.3) is 0 Å². The molecule has 1 aromatic heterocycles. The quantitative estimate of drug-likeness (QED) is 0.632. The molecule has 0 saturated heterocycles. The number of rotatable bonds is 2. The molecule has 0 aliphatic rings. The minimum absolute atomic E-state index is 0.290. The van der Waals surface area contributed by atoms with Crippen LogP contribution in [0, 0.1) is 0 Å². The minimum atomic E-state index is -4.45. The Morgan fingerprint density at radius 2 is 1.87 bits per heavy atom. The maximum atomic E-state index is 12.1. The van der Waals surface area contributed by atoms with Crippen LogP contribution in [-0.2, 0) is 6.18 Å². The molecule has 1 heterocycles. The summed E-state index contributed by atoms with van der Waals surface area (Å²) >= 11 is 4.23. The second-order valence-electron chi connectivity index (χ2n) is 3.18. The molecule has 8 heteroatoms. The highest BCUT2D eigenvalue weighted by molar-refractivity contribution is 8.87. The van der Waals surface area contributed by atoms with E-state index >= 15 is 0 Å². The Kier molecular flexibility index (Phi) is 3.39. The zero-order valence-electron chi connectivity index (χ0n) is 8.04. The summed E-state index contributed by atoms with van der Waals surface area (Å²) in [5.74, 6) is 0.290. The lowest BCUT2D eigenvalue weighted by Gasteiger charge is -2.25. The first-order valence-corrected chi connectivity index (χ1v) is 7.33. The predicted molar refractivity (Wildman–Crippen MR) is 59.1 cm³/mol. The molecule has 1 rings (SSSR count). The van der Waals surface area contributed by atoms with Crippen molar-refractivity contribution in [2.24, 2.45) is 0 Å². The molecule has 0 fully saturated rings. The van der Waals surface area contributed by atoms with Gasteiger partial charge >= 0.3 is 6.18 Å². The second-order valence-corrected chi connectivity index (χ2v) is 8.67. The maximum absolute atomic E-state index is 12.1. The fourth-order valence-electron chi connectivity index (χ4n) is 0.794. The number of alkyl halides is 3. The average Bonchev–Trinajstić information content (AvgIpc) is 2.00. The summed E-state index contributed by atoms with van der Waals surface area (Å²) in [6.07, 6.45) is -0.792. The zero-order chi connectivity index (χ0) is 11.7. The molecule has 1 N–H and O–H groups in total. The van der Waals surface area contributed by atoms with E-state index in [0.29, 0.717) is 0 Å². The van der Waals surface area contributed by atoms with E-state index in [4.69, 9.17) is 0 Å². The molecule has 0 aliphatic carbocycles. The van der Waals surface area contributed by atoms with E-state index in [1.54, 1.807) is 0 Å². The summed E-state index contributed by atoms with van der Waals surface area (Å²) in [6, 6.07) is 2.12. The van der Waals surface area contributed by atoms with Crippen molar-refractivity contribution in [3.8, 4) is 0 Å². The van der Waals surface area contributed by atoms with E-state index in [9.17, 15) is 13.2 Å². The maximum Gasteiger partial charge on any atom is 0.435 e. The lowest BCUT2D eigenvalue weighted by atomic mass is 10.4. The number of hydrogen-bond donors (Lipinski definition) is 2. The van der Waals surface area contributed by atoms with Gasteiger partial charge in [0.1, 0.15) is 0 Å². The van der Waals surface area contributed by atoms with Crippen molar-refractivity contribution in [2.45, 2.75) is 6.18 Å². The van der Waals surface area contributed by atoms with Crippen LogP contribution in [0.3, 0.4) is 0 Å². The van der Waals surface area contributed by atoms with Crippen molar-refractivity contribution in [3.63, 3.8) is 0 Å². The number of thiol groups is 1. The predicted octanol–water partition coefficient (Wildman–Crippen LogP) is 2.73. The lowest BCUT2D eigenvalue weighted by molar-refractivity contribution is -0.141. The fraction of sp³-hybridized carbons (Fsp3) is 0.429. The SMILES string of the molecule is CS(C)(S)Nc1ccc(C(F)(F)F)nn1. The molecule has 0 radical (unpaired) electrons. The third-order valence-electron chi connectivity index (χ3n) is 1.31. The van der Waals surface area contributed by atoms with E-state index in [2.05, 4.69) is 26.6 Å². The molecule has 15 heavy (non-hydrogen) atoms. The minimum Gasteiger partial charge on any atom is -0.323 e. The van der Waals surface area contributed by atoms with Crippen molar-refractivity contribution in [3.05, 3.63) is 17.8 Å². The largest absolute Gasteiger partial charge is 0.435 e. The molecule has 0 aliphatic heterocycles. The molecule has 3 nitrogen and oxygen atoms in total. The average molecular weight is 257 g/mol. The van der Waals surface area contributed by atoms with Gasteiger partial charge in [-0.05, 0) is 24.6 Å². The van der Waals surface area contributed by atoms with Crippen molar-refractivity contribution in [1.82, 2.24) is 10.2 Å². The Labute approximate surface area is 91.7 Å². The molecule has 1 aromatic rings. The lowest BCUT2D eigenvalue weighted by Crippen LogP contribution is -2.10. The van der Waals surface area contributed by atoms with E-state index in [1.807, 2.05) is 12.5 Å². The molecule has 0 atom stereocenters. The van der Waals surface area contributed by atoms with Gasteiger partial charge in [0, 0.05) is 0 Å². The summed E-state index contributed by atoms with van der Waals surface area (Å²) in [7, 11) is -1.36. The number of anilines is 1. The van der Waals surface area contributed by atoms with Crippen LogP contribution in [0.5, 0.6) is 0 Å². The Hall–Kier alpha value is -0.630. The van der Waals surface area contributed by atoms with E-state index < -0.39 is 21.1 Å². The van der Waals surface area contributed by atoms with Gasteiger partial charge in [-0.3, -0.25) is 0 Å². The highest BCUT2D eigenvalue weighted by Crippen LogP contribution is 2.43. The standard InChI is InChI=1S/C7H10F3N3S2/c1-15(2,14)13-6-4-3-5(11-12-6)7(8,9)10/h3-4,14H,1-2H3,(H,12,13). The Morgan fingerprint density at radius 3 is 2.20 bits per heavy atom. The van der Waals surface area contributed by atoms with Crippen LogP contribution in [0.2, 0.25) is 0 Å². The number of nitrogens with zero attached hydrogens (tertiary/aromatic N) is 2. The van der Waals surface area contributed by atoms with Gasteiger partial charge in [0.15, 0.2) is 11.5 Å². The fourth-order valence-corrected chi connectivity index (χ4v) is 1.70. The van der Waals surface area contributed by atoms with Crippen LogP contribution in [0.4, 0.5) is 19.0 Å². The molecule has 0 bridgehead atoms. The van der Waals surface area contributed by atoms with Gasteiger partial charge in [-0.1, -0.05) is 0 Å². The molecule has 86 valence electrons. The van der Waals surface area contributed by atoms with Crippen LogP contribution >= 0.6 is 20.9 Å². The van der Waals surface area contributed by atoms with E-state index in [1.165, 1.54) is 6.07 Å². The first-order chi connectivity index (χ1) is 6.68. The Bertz CT molecular complexity index is 331. The molecule has 0 amide bonds. The second kappa shape index (κ2) is 4.09. The number of hydrogen-bond acceptors (Lipinski definition) is 4. The van der Waals surface area contributed by atoms with Crippen molar-refractivity contribution < 1.29 is 13.2 Å². The molecular formula is C7H10F3N3S2. The van der Waals surface area contributed by atoms with Gasteiger partial charge in [0.25, 0.3) is 0 Å². The molecule has 0 aromatic carbocycles. The van der Waals surface area contributed by atoms with Crippen LogP contribution in [0.15, 0.2) is 12.1 Å². The highest BCUT2D eigenvalue weighted by atomic mass is 33.1. The first kappa shape index (κ1) is 12.4. The molecule has 0 unspecified atom stereocenters. The van der Waals surface area contributed by atoms with E-state index in [0.717, 1.165) is 6.07 Å². The summed E-state index contributed by atoms with van der Waals surface area (Å²) in [4.78, 5) is 0. The van der Waals surface area contributed by atoms with E-state index in [-0.39, 0.29) is 5.82 Å². The van der Waals surface area contributed by atoms with Crippen molar-refractivity contribution >= 4 is 26.7 Å². The first-order valence-electron chi connectivity index (χ1n) is 3.83. The molecular weight excluding hydrogens is 247 g/mol. The van der Waals surface area contributed by atoms with Gasteiger partial charge in [0.05, 0.1) is 0 Å². The van der Waals surface area contributed by atoms with Gasteiger partial charge in [-0.25, -0.2) is 0 Å². The summed E-state index contributed by atoms with van der Waals surface area (Å²) in [6.45, 7) is 0. The number of halogens is 3. The van der Waals surface area contributed by atoms with Crippen LogP contribution < -0.4 is 4.72 Å². The zero-order valence-corrected chi connectivity index (χ0v) is 9.75. The smallest absolute Gasteiger partial charge is 0.323 e. The molecule has 0 saturated carbocycles. The summed E-state index contributed by atoms with van der Waals surface area (Å²) in [5.41, 5.74) is -1.000. The third kappa shape index (κ3) is 4.17. The van der Waals surface area contributed by atoms with Gasteiger partial charge in [0.2, 0.25) is 0 Å². The van der Waals surface area contributed by atoms with Gasteiger partial charge < -0.3 is 4.72 Å². The number of nitrogens with one attached hydrogen (secondary N) is 1. The van der Waals surface area contributed by atoms with Gasteiger partial charge in [-0.15, -0.1) is 31.1 Å². The Balaban J connectivity index is 2.82. The van der Waals surface area contributed by atoms with Crippen LogP contribution in [-0.4, -0.2) is 22.7 Å². The van der Waals surface area contributed by atoms with Crippen molar-refractivity contribution in [1.29, 1.82) is 0 Å². The summed E-state index contributed by atoms with van der Waals surface area (Å²) in [5, 5.41) is 6.50. The van der Waals surface area contributed by atoms with Crippen LogP contribution in [0.1, 0.15) is 5.69 Å². The van der Waals surface area contributed by atoms with Crippen molar-refractivity contribution in [2.75, 3.05) is 17.2 Å². The summed E-state index contributed by atoms with van der Waals surface area (Å²) < 4.78 is 39.2. The highest BCUT2D eigenvalue weighted by Gasteiger charge is 2.32. The number of aromatic nitrogens is 2. The topological polar surface area (TPSA) is 37.8 Å². The van der Waals surface area contributed by atoms with Gasteiger partial charge in [-0.2, -0.15) is 13.2 Å². The third-order valence-corrected chi connectivity index (χ3v) is 2.29. The monoisotopic (exact) mass is 257 g/mol. The molecule has 0 spiro atoms.